The molecule has 0 bridgehead atoms. The number of para-hydroxylation sites is 2. The van der Waals surface area contributed by atoms with Gasteiger partial charge in [-0.2, -0.15) is 4.80 Å². The summed E-state index contributed by atoms with van der Waals surface area (Å²) in [7, 11) is 1.51. The highest BCUT2D eigenvalue weighted by atomic mass is 19.1. The number of halogens is 1. The third kappa shape index (κ3) is 5.22. The van der Waals surface area contributed by atoms with E-state index in [1.165, 1.54) is 36.3 Å². The molecule has 0 saturated heterocycles. The molecule has 0 radical (unpaired) electrons. The second-order valence-electron chi connectivity index (χ2n) is 8.25. The molecule has 1 heterocycles. The maximum Gasteiger partial charge on any atom is 0.251 e. The predicted molar refractivity (Wildman–Crippen MR) is 124 cm³/mol. The van der Waals surface area contributed by atoms with Crippen LogP contribution in [0.15, 0.2) is 48.5 Å². The highest BCUT2D eigenvalue weighted by Crippen LogP contribution is 2.30. The molecule has 1 aliphatic rings. The lowest BCUT2D eigenvalue weighted by Crippen LogP contribution is -2.51. The molecule has 1 fully saturated rings. The van der Waals surface area contributed by atoms with Crippen LogP contribution >= 0.6 is 0 Å². The van der Waals surface area contributed by atoms with Crippen LogP contribution in [0.1, 0.15) is 32.6 Å². The van der Waals surface area contributed by atoms with Crippen LogP contribution in [0.2, 0.25) is 0 Å². The second-order valence-corrected chi connectivity index (χ2v) is 8.25. The predicted octanol–water partition coefficient (Wildman–Crippen LogP) is 2.97. The monoisotopic (exact) mass is 466 g/mol. The minimum absolute atomic E-state index is 0.125. The number of benzene rings is 2. The quantitative estimate of drug-likeness (QED) is 0.548. The summed E-state index contributed by atoms with van der Waals surface area (Å²) >= 11 is 0. The zero-order chi connectivity index (χ0) is 24.1. The van der Waals surface area contributed by atoms with Crippen LogP contribution in [0.4, 0.5) is 10.1 Å². The summed E-state index contributed by atoms with van der Waals surface area (Å²) in [6.07, 6.45) is 4.05. The van der Waals surface area contributed by atoms with Crippen molar-refractivity contribution in [2.24, 2.45) is 0 Å². The lowest BCUT2D eigenvalue weighted by molar-refractivity contribution is -0.127. The van der Waals surface area contributed by atoms with Crippen molar-refractivity contribution < 1.29 is 18.7 Å². The Morgan fingerprint density at radius 1 is 1.18 bits per heavy atom. The van der Waals surface area contributed by atoms with Gasteiger partial charge in [0, 0.05) is 11.6 Å². The van der Waals surface area contributed by atoms with Crippen molar-refractivity contribution in [2.45, 2.75) is 51.2 Å². The van der Waals surface area contributed by atoms with Gasteiger partial charge in [-0.05, 0) is 61.4 Å². The van der Waals surface area contributed by atoms with Crippen molar-refractivity contribution in [3.63, 3.8) is 0 Å². The van der Waals surface area contributed by atoms with Gasteiger partial charge in [0.15, 0.2) is 0 Å². The van der Waals surface area contributed by atoms with Crippen LogP contribution in [-0.4, -0.2) is 51.2 Å². The third-order valence-electron chi connectivity index (χ3n) is 5.91. The van der Waals surface area contributed by atoms with Crippen LogP contribution in [0.5, 0.6) is 5.75 Å². The van der Waals surface area contributed by atoms with E-state index in [2.05, 4.69) is 20.7 Å². The zero-order valence-corrected chi connectivity index (χ0v) is 19.1. The number of carbonyl (C=O) groups is 2. The molecule has 4 rings (SSSR count). The van der Waals surface area contributed by atoms with Gasteiger partial charge in [-0.1, -0.05) is 25.0 Å². The van der Waals surface area contributed by atoms with Crippen LogP contribution < -0.4 is 15.0 Å². The Bertz CT molecular complexity index is 1140. The molecule has 1 saturated carbocycles. The van der Waals surface area contributed by atoms with E-state index in [9.17, 15) is 14.0 Å². The molecular formula is C24H27FN6O3. The molecular weight excluding hydrogens is 439 g/mol. The fourth-order valence-corrected chi connectivity index (χ4v) is 4.12. The van der Waals surface area contributed by atoms with E-state index in [0.717, 1.165) is 30.5 Å². The SMILES string of the molecule is COc1ccccc1N(C(=O)Cn1nnc(-c2ccc(F)cc2)n1)[C@H](C)C(=O)NC1CCCC1. The van der Waals surface area contributed by atoms with Gasteiger partial charge in [0.1, 0.15) is 24.2 Å². The van der Waals surface area contributed by atoms with E-state index < -0.39 is 11.9 Å². The van der Waals surface area contributed by atoms with Crippen LogP contribution in [0.3, 0.4) is 0 Å². The molecule has 9 nitrogen and oxygen atoms in total. The Morgan fingerprint density at radius 2 is 1.88 bits per heavy atom. The lowest BCUT2D eigenvalue weighted by atomic mass is 10.1. The summed E-state index contributed by atoms with van der Waals surface area (Å²) in [5, 5.41) is 15.2. The first kappa shape index (κ1) is 23.3. The van der Waals surface area contributed by atoms with E-state index in [1.807, 2.05) is 0 Å². The van der Waals surface area contributed by atoms with Gasteiger partial charge in [0.05, 0.1) is 12.8 Å². The molecule has 10 heteroatoms. The molecule has 1 atom stereocenters. The third-order valence-corrected chi connectivity index (χ3v) is 5.91. The molecule has 0 unspecified atom stereocenters. The van der Waals surface area contributed by atoms with E-state index in [-0.39, 0.29) is 30.1 Å². The topological polar surface area (TPSA) is 102 Å². The molecule has 34 heavy (non-hydrogen) atoms. The molecule has 2 aromatic carbocycles. The van der Waals surface area contributed by atoms with E-state index in [4.69, 9.17) is 4.74 Å². The summed E-state index contributed by atoms with van der Waals surface area (Å²) in [6.45, 7) is 1.45. The number of rotatable bonds is 8. The van der Waals surface area contributed by atoms with Crippen molar-refractivity contribution >= 4 is 17.5 Å². The first-order chi connectivity index (χ1) is 16.5. The number of tetrazole rings is 1. The highest BCUT2D eigenvalue weighted by Gasteiger charge is 2.31. The first-order valence-corrected chi connectivity index (χ1v) is 11.3. The number of carbonyl (C=O) groups excluding carboxylic acids is 2. The van der Waals surface area contributed by atoms with Gasteiger partial charge in [-0.3, -0.25) is 14.5 Å². The van der Waals surface area contributed by atoms with Crippen molar-refractivity contribution in [1.82, 2.24) is 25.5 Å². The number of aromatic nitrogens is 4. The Kier molecular flexibility index (Phi) is 7.15. The number of amides is 2. The maximum atomic E-state index is 13.5. The summed E-state index contributed by atoms with van der Waals surface area (Å²) in [6, 6.07) is 12.0. The van der Waals surface area contributed by atoms with Crippen molar-refractivity contribution in [3.8, 4) is 17.1 Å². The van der Waals surface area contributed by atoms with Gasteiger partial charge in [0.2, 0.25) is 11.7 Å². The number of nitrogens with zero attached hydrogens (tertiary/aromatic N) is 5. The first-order valence-electron chi connectivity index (χ1n) is 11.3. The number of nitrogens with one attached hydrogen (secondary N) is 1. The van der Waals surface area contributed by atoms with Crippen LogP contribution in [-0.2, 0) is 16.1 Å². The molecule has 3 aromatic rings. The van der Waals surface area contributed by atoms with Crippen LogP contribution in [0.25, 0.3) is 11.4 Å². The van der Waals surface area contributed by atoms with Crippen LogP contribution in [0, 0.1) is 5.82 Å². The highest BCUT2D eigenvalue weighted by molar-refractivity contribution is 6.01. The molecule has 2 amide bonds. The minimum Gasteiger partial charge on any atom is -0.495 e. The van der Waals surface area contributed by atoms with E-state index in [0.29, 0.717) is 17.0 Å². The summed E-state index contributed by atoms with van der Waals surface area (Å²) in [5.74, 6) is -0.270. The summed E-state index contributed by atoms with van der Waals surface area (Å²) in [5.41, 5.74) is 1.05. The van der Waals surface area contributed by atoms with Crippen molar-refractivity contribution in [3.05, 3.63) is 54.3 Å². The van der Waals surface area contributed by atoms with Gasteiger partial charge in [-0.15, -0.1) is 10.2 Å². The maximum absolute atomic E-state index is 13.5. The van der Waals surface area contributed by atoms with E-state index in [1.54, 1.807) is 31.2 Å². The summed E-state index contributed by atoms with van der Waals surface area (Å²) < 4.78 is 18.7. The standard InChI is InChI=1S/C24H27FN6O3/c1-16(24(33)26-19-7-3-4-8-19)31(20-9-5-6-10-21(20)34-2)22(32)15-30-28-23(27-29-30)17-11-13-18(25)14-12-17/h5-6,9-14,16,19H,3-4,7-8,15H2,1-2H3,(H,26,33)/t16-/m1/s1. The number of hydrogen-bond donors (Lipinski definition) is 1. The summed E-state index contributed by atoms with van der Waals surface area (Å²) in [4.78, 5) is 29.1. The average molecular weight is 467 g/mol. The van der Waals surface area contributed by atoms with Crippen molar-refractivity contribution in [1.29, 1.82) is 0 Å². The Hall–Kier alpha value is -3.82. The number of hydrogen-bond acceptors (Lipinski definition) is 6. The van der Waals surface area contributed by atoms with Gasteiger partial charge in [-0.25, -0.2) is 4.39 Å². The Morgan fingerprint density at radius 3 is 2.59 bits per heavy atom. The largest absolute Gasteiger partial charge is 0.495 e. The fourth-order valence-electron chi connectivity index (χ4n) is 4.12. The number of ether oxygens (including phenoxy) is 1. The molecule has 1 aromatic heterocycles. The smallest absolute Gasteiger partial charge is 0.251 e. The van der Waals surface area contributed by atoms with Gasteiger partial charge in [0.25, 0.3) is 5.91 Å². The average Bonchev–Trinajstić information content (AvgIpc) is 3.52. The zero-order valence-electron chi connectivity index (χ0n) is 19.1. The Labute approximate surface area is 196 Å². The minimum atomic E-state index is -0.788. The Balaban J connectivity index is 1.57. The van der Waals surface area contributed by atoms with E-state index >= 15 is 0 Å². The molecule has 1 N–H and O–H groups in total. The molecule has 0 spiro atoms. The van der Waals surface area contributed by atoms with Gasteiger partial charge < -0.3 is 10.1 Å². The number of methoxy groups -OCH3 is 1. The molecule has 1 aliphatic carbocycles. The van der Waals surface area contributed by atoms with Crippen molar-refractivity contribution in [2.75, 3.05) is 12.0 Å². The second kappa shape index (κ2) is 10.4. The number of anilines is 1. The lowest BCUT2D eigenvalue weighted by Gasteiger charge is -2.30. The molecule has 178 valence electrons. The molecule has 0 aliphatic heterocycles. The van der Waals surface area contributed by atoms with Gasteiger partial charge >= 0.3 is 0 Å². The fraction of sp³-hybridized carbons (Fsp3) is 0.375. The normalized spacial score (nSPS) is 14.6.